The lowest BCUT2D eigenvalue weighted by Crippen LogP contribution is -2.65. The molecule has 1 fully saturated rings. The SMILES string of the molecule is COC1(C)CC(Nc2ccccc2)C1(C)C. The molecule has 88 valence electrons. The summed E-state index contributed by atoms with van der Waals surface area (Å²) in [6.45, 7) is 6.72. The summed E-state index contributed by atoms with van der Waals surface area (Å²) in [5.41, 5.74) is 1.36. The minimum Gasteiger partial charge on any atom is -0.382 e. The van der Waals surface area contributed by atoms with Crippen LogP contribution in [-0.2, 0) is 4.74 Å². The molecule has 2 rings (SSSR count). The molecule has 2 nitrogen and oxygen atoms in total. The topological polar surface area (TPSA) is 21.3 Å². The molecule has 0 bridgehead atoms. The van der Waals surface area contributed by atoms with E-state index >= 15 is 0 Å². The summed E-state index contributed by atoms with van der Waals surface area (Å²) >= 11 is 0. The van der Waals surface area contributed by atoms with E-state index in [0.717, 1.165) is 6.42 Å². The predicted octanol–water partition coefficient (Wildman–Crippen LogP) is 3.30. The van der Waals surface area contributed by atoms with Gasteiger partial charge in [0.1, 0.15) is 0 Å². The molecule has 0 saturated heterocycles. The molecule has 1 aliphatic rings. The van der Waals surface area contributed by atoms with Crippen molar-refractivity contribution in [1.29, 1.82) is 0 Å². The van der Waals surface area contributed by atoms with Crippen LogP contribution in [0.2, 0.25) is 0 Å². The summed E-state index contributed by atoms with van der Waals surface area (Å²) in [5, 5.41) is 3.58. The zero-order valence-corrected chi connectivity index (χ0v) is 10.6. The maximum Gasteiger partial charge on any atom is 0.0740 e. The van der Waals surface area contributed by atoms with Gasteiger partial charge in [-0.3, -0.25) is 0 Å². The minimum atomic E-state index is -0.000549. The highest BCUT2D eigenvalue weighted by atomic mass is 16.5. The third-order valence-electron chi connectivity index (χ3n) is 4.39. The van der Waals surface area contributed by atoms with E-state index in [1.54, 1.807) is 7.11 Å². The molecule has 1 aromatic carbocycles. The Labute approximate surface area is 98.0 Å². The molecule has 0 heterocycles. The lowest BCUT2D eigenvalue weighted by atomic mass is 9.56. The average molecular weight is 219 g/mol. The molecule has 0 amide bonds. The second-order valence-electron chi connectivity index (χ2n) is 5.42. The Balaban J connectivity index is 2.05. The number of rotatable bonds is 3. The van der Waals surface area contributed by atoms with Crippen molar-refractivity contribution in [1.82, 2.24) is 0 Å². The number of hydrogen-bond donors (Lipinski definition) is 1. The smallest absolute Gasteiger partial charge is 0.0740 e. The fourth-order valence-corrected chi connectivity index (χ4v) is 2.46. The Morgan fingerprint density at radius 1 is 1.19 bits per heavy atom. The van der Waals surface area contributed by atoms with E-state index in [-0.39, 0.29) is 11.0 Å². The number of para-hydroxylation sites is 1. The van der Waals surface area contributed by atoms with Crippen LogP contribution in [-0.4, -0.2) is 18.8 Å². The fourth-order valence-electron chi connectivity index (χ4n) is 2.46. The van der Waals surface area contributed by atoms with Crippen molar-refractivity contribution in [2.75, 3.05) is 12.4 Å². The number of anilines is 1. The first-order valence-corrected chi connectivity index (χ1v) is 5.86. The van der Waals surface area contributed by atoms with Crippen LogP contribution in [0.15, 0.2) is 30.3 Å². The van der Waals surface area contributed by atoms with Crippen molar-refractivity contribution >= 4 is 5.69 Å². The van der Waals surface area contributed by atoms with Crippen LogP contribution < -0.4 is 5.32 Å². The zero-order valence-electron chi connectivity index (χ0n) is 10.6. The van der Waals surface area contributed by atoms with Gasteiger partial charge in [0.25, 0.3) is 0 Å². The molecule has 2 heteroatoms. The normalized spacial score (nSPS) is 31.9. The first-order valence-electron chi connectivity index (χ1n) is 5.86. The van der Waals surface area contributed by atoms with Gasteiger partial charge in [0.05, 0.1) is 5.60 Å². The molecular weight excluding hydrogens is 198 g/mol. The summed E-state index contributed by atoms with van der Waals surface area (Å²) in [6.07, 6.45) is 1.06. The van der Waals surface area contributed by atoms with E-state index in [0.29, 0.717) is 6.04 Å². The summed E-state index contributed by atoms with van der Waals surface area (Å²) < 4.78 is 5.62. The number of ether oxygens (including phenoxy) is 1. The molecular formula is C14H21NO. The molecule has 1 aliphatic carbocycles. The van der Waals surface area contributed by atoms with Crippen molar-refractivity contribution in [2.45, 2.75) is 38.8 Å². The van der Waals surface area contributed by atoms with Gasteiger partial charge in [-0.25, -0.2) is 0 Å². The maximum atomic E-state index is 5.62. The van der Waals surface area contributed by atoms with Gasteiger partial charge in [0, 0.05) is 24.3 Å². The first kappa shape index (κ1) is 11.5. The van der Waals surface area contributed by atoms with Gasteiger partial charge >= 0.3 is 0 Å². The highest BCUT2D eigenvalue weighted by molar-refractivity contribution is 5.45. The lowest BCUT2D eigenvalue weighted by molar-refractivity contribution is -0.166. The van der Waals surface area contributed by atoms with Gasteiger partial charge in [0.15, 0.2) is 0 Å². The van der Waals surface area contributed by atoms with E-state index in [2.05, 4.69) is 50.4 Å². The number of hydrogen-bond acceptors (Lipinski definition) is 2. The van der Waals surface area contributed by atoms with Crippen LogP contribution in [0.25, 0.3) is 0 Å². The third kappa shape index (κ3) is 1.61. The molecule has 0 aliphatic heterocycles. The van der Waals surface area contributed by atoms with Crippen molar-refractivity contribution in [3.63, 3.8) is 0 Å². The van der Waals surface area contributed by atoms with Crippen molar-refractivity contribution in [3.05, 3.63) is 30.3 Å². The molecule has 0 aromatic heterocycles. The van der Waals surface area contributed by atoms with Gasteiger partial charge in [-0.05, 0) is 25.5 Å². The van der Waals surface area contributed by atoms with Gasteiger partial charge in [0.2, 0.25) is 0 Å². The van der Waals surface area contributed by atoms with E-state index in [1.165, 1.54) is 5.69 Å². The molecule has 0 radical (unpaired) electrons. The van der Waals surface area contributed by atoms with Gasteiger partial charge in [-0.1, -0.05) is 32.0 Å². The second-order valence-corrected chi connectivity index (χ2v) is 5.42. The number of nitrogens with one attached hydrogen (secondary N) is 1. The average Bonchev–Trinajstić information content (AvgIpc) is 2.29. The fraction of sp³-hybridized carbons (Fsp3) is 0.571. The predicted molar refractivity (Wildman–Crippen MR) is 67.7 cm³/mol. The van der Waals surface area contributed by atoms with Crippen LogP contribution in [0.1, 0.15) is 27.2 Å². The molecule has 2 unspecified atom stereocenters. The largest absolute Gasteiger partial charge is 0.382 e. The summed E-state index contributed by atoms with van der Waals surface area (Å²) in [6, 6.07) is 10.9. The molecule has 2 atom stereocenters. The Kier molecular flexibility index (Phi) is 2.70. The van der Waals surface area contributed by atoms with Gasteiger partial charge in [-0.15, -0.1) is 0 Å². The van der Waals surface area contributed by atoms with Crippen LogP contribution in [0.5, 0.6) is 0 Å². The van der Waals surface area contributed by atoms with E-state index in [4.69, 9.17) is 4.74 Å². The van der Waals surface area contributed by atoms with Crippen molar-refractivity contribution < 1.29 is 4.74 Å². The highest BCUT2D eigenvalue weighted by Gasteiger charge is 2.57. The Bertz CT molecular complexity index is 360. The van der Waals surface area contributed by atoms with Crippen LogP contribution in [0.3, 0.4) is 0 Å². The molecule has 1 aromatic rings. The molecule has 0 spiro atoms. The quantitative estimate of drug-likeness (QED) is 0.842. The Morgan fingerprint density at radius 3 is 2.31 bits per heavy atom. The monoisotopic (exact) mass is 219 g/mol. The highest BCUT2D eigenvalue weighted by Crippen LogP contribution is 2.52. The van der Waals surface area contributed by atoms with Crippen LogP contribution in [0, 0.1) is 5.41 Å². The summed E-state index contributed by atoms with van der Waals surface area (Å²) in [7, 11) is 1.81. The Morgan fingerprint density at radius 2 is 1.81 bits per heavy atom. The standard InChI is InChI=1S/C14H21NO/c1-13(2)12(10-14(13,3)16-4)15-11-8-6-5-7-9-11/h5-9,12,15H,10H2,1-4H3. The molecule has 1 N–H and O–H groups in total. The number of benzene rings is 1. The summed E-state index contributed by atoms with van der Waals surface area (Å²) in [5.74, 6) is 0. The number of methoxy groups -OCH3 is 1. The summed E-state index contributed by atoms with van der Waals surface area (Å²) in [4.78, 5) is 0. The van der Waals surface area contributed by atoms with E-state index < -0.39 is 0 Å². The third-order valence-corrected chi connectivity index (χ3v) is 4.39. The van der Waals surface area contributed by atoms with Crippen molar-refractivity contribution in [3.8, 4) is 0 Å². The second kappa shape index (κ2) is 3.77. The van der Waals surface area contributed by atoms with Crippen molar-refractivity contribution in [2.24, 2.45) is 5.41 Å². The molecule has 16 heavy (non-hydrogen) atoms. The minimum absolute atomic E-state index is 0.000549. The Hall–Kier alpha value is -1.02. The zero-order chi connectivity index (χ0) is 11.8. The van der Waals surface area contributed by atoms with Crippen LogP contribution in [0.4, 0.5) is 5.69 Å². The van der Waals surface area contributed by atoms with Crippen LogP contribution >= 0.6 is 0 Å². The van der Waals surface area contributed by atoms with E-state index in [9.17, 15) is 0 Å². The van der Waals surface area contributed by atoms with Gasteiger partial charge in [-0.2, -0.15) is 0 Å². The lowest BCUT2D eigenvalue weighted by Gasteiger charge is -2.59. The first-order chi connectivity index (χ1) is 7.49. The maximum absolute atomic E-state index is 5.62. The van der Waals surface area contributed by atoms with E-state index in [1.807, 2.05) is 6.07 Å². The van der Waals surface area contributed by atoms with Gasteiger partial charge < -0.3 is 10.1 Å². The molecule has 1 saturated carbocycles.